The Labute approximate surface area is 134 Å². The number of hydrogen-bond acceptors (Lipinski definition) is 4. The van der Waals surface area contributed by atoms with Crippen molar-refractivity contribution in [3.05, 3.63) is 39.7 Å². The van der Waals surface area contributed by atoms with Gasteiger partial charge in [0.2, 0.25) is 0 Å². The monoisotopic (exact) mass is 331 g/mol. The van der Waals surface area contributed by atoms with Gasteiger partial charge in [0, 0.05) is 19.2 Å². The lowest BCUT2D eigenvalue weighted by Crippen LogP contribution is -2.40. The van der Waals surface area contributed by atoms with Gasteiger partial charge in [-0.1, -0.05) is 0 Å². The van der Waals surface area contributed by atoms with Crippen molar-refractivity contribution in [2.24, 2.45) is 5.92 Å². The van der Waals surface area contributed by atoms with Crippen LogP contribution < -0.4 is 5.32 Å². The Hall–Kier alpha value is -1.73. The molecule has 1 N–H and O–H groups in total. The van der Waals surface area contributed by atoms with Crippen molar-refractivity contribution in [3.8, 4) is 0 Å². The molecule has 1 heterocycles. The van der Waals surface area contributed by atoms with Gasteiger partial charge in [0.05, 0.1) is 16.6 Å². The number of carbonyl (C=O) groups is 1. The maximum absolute atomic E-state index is 13.9. The summed E-state index contributed by atoms with van der Waals surface area (Å²) in [6.45, 7) is 2.08. The summed E-state index contributed by atoms with van der Waals surface area (Å²) < 4.78 is 13.9. The molecule has 0 aliphatic carbocycles. The summed E-state index contributed by atoms with van der Waals surface area (Å²) in [4.78, 5) is 23.8. The van der Waals surface area contributed by atoms with Gasteiger partial charge in [0.25, 0.3) is 11.6 Å². The van der Waals surface area contributed by atoms with Crippen LogP contribution in [0.5, 0.6) is 0 Å². The van der Waals surface area contributed by atoms with E-state index in [1.165, 1.54) is 6.07 Å². The molecule has 0 atom stereocenters. The molecule has 1 saturated heterocycles. The highest BCUT2D eigenvalue weighted by Gasteiger charge is 2.25. The van der Waals surface area contributed by atoms with Gasteiger partial charge in [-0.25, -0.2) is 4.39 Å². The van der Waals surface area contributed by atoms with E-state index in [2.05, 4.69) is 5.32 Å². The van der Waals surface area contributed by atoms with Gasteiger partial charge in [-0.3, -0.25) is 14.9 Å². The lowest BCUT2D eigenvalue weighted by atomic mass is 9.96. The number of nitrogens with one attached hydrogen (secondary N) is 1. The van der Waals surface area contributed by atoms with Crippen molar-refractivity contribution in [2.75, 3.05) is 26.7 Å². The molecule has 0 bridgehead atoms. The van der Waals surface area contributed by atoms with Crippen molar-refractivity contribution in [2.45, 2.75) is 12.8 Å². The largest absolute Gasteiger partial charge is 0.339 e. The van der Waals surface area contributed by atoms with E-state index in [-0.39, 0.29) is 23.7 Å². The maximum atomic E-state index is 13.9. The molecule has 1 amide bonds. The first-order valence-electron chi connectivity index (χ1n) is 6.90. The van der Waals surface area contributed by atoms with E-state index in [9.17, 15) is 19.3 Å². The third-order valence-electron chi connectivity index (χ3n) is 3.79. The van der Waals surface area contributed by atoms with Crippen LogP contribution in [0.15, 0.2) is 18.2 Å². The number of carbonyl (C=O) groups excluding carboxylic acids is 1. The van der Waals surface area contributed by atoms with Crippen LogP contribution in [-0.4, -0.2) is 42.4 Å². The quantitative estimate of drug-likeness (QED) is 0.678. The first-order chi connectivity index (χ1) is 10.0. The Balaban J connectivity index is 0.00000242. The number of hydrogen-bond donors (Lipinski definition) is 1. The third kappa shape index (κ3) is 4.14. The second-order valence-electron chi connectivity index (χ2n) is 5.21. The second kappa shape index (κ2) is 8.05. The zero-order valence-corrected chi connectivity index (χ0v) is 13.1. The van der Waals surface area contributed by atoms with E-state index in [0.29, 0.717) is 19.0 Å². The van der Waals surface area contributed by atoms with Gasteiger partial charge in [-0.15, -0.1) is 12.4 Å². The molecule has 0 spiro atoms. The number of likely N-dealkylation sites (tertiary alicyclic amines) is 1. The number of rotatable bonds is 4. The molecule has 1 aromatic carbocycles. The summed E-state index contributed by atoms with van der Waals surface area (Å²) in [7, 11) is 1.89. The van der Waals surface area contributed by atoms with Crippen molar-refractivity contribution >= 4 is 24.0 Å². The molecule has 2 rings (SSSR count). The summed E-state index contributed by atoms with van der Waals surface area (Å²) in [5.74, 6) is -0.711. The van der Waals surface area contributed by atoms with Crippen LogP contribution in [0.1, 0.15) is 23.2 Å². The van der Waals surface area contributed by atoms with Crippen LogP contribution in [-0.2, 0) is 0 Å². The highest BCUT2D eigenvalue weighted by Crippen LogP contribution is 2.21. The predicted octanol–water partition coefficient (Wildman–Crippen LogP) is 2.23. The molecule has 22 heavy (non-hydrogen) atoms. The van der Waals surface area contributed by atoms with Gasteiger partial charge in [-0.2, -0.15) is 0 Å². The third-order valence-corrected chi connectivity index (χ3v) is 3.79. The predicted molar refractivity (Wildman–Crippen MR) is 82.9 cm³/mol. The van der Waals surface area contributed by atoms with E-state index in [4.69, 9.17) is 0 Å². The molecule has 8 heteroatoms. The standard InChI is InChI=1S/C14H18FN3O3.ClH/c1-16-9-10-4-6-17(7-5-10)14(19)12-3-2-11(18(20)21)8-13(12)15;/h2-3,8,10,16H,4-7,9H2,1H3;1H. The average molecular weight is 332 g/mol. The Morgan fingerprint density at radius 2 is 2.09 bits per heavy atom. The molecule has 1 aliphatic heterocycles. The lowest BCUT2D eigenvalue weighted by molar-refractivity contribution is -0.385. The molecular formula is C14H19ClFN3O3. The summed E-state index contributed by atoms with van der Waals surface area (Å²) in [6.07, 6.45) is 1.75. The number of nitro groups is 1. The molecule has 122 valence electrons. The number of halogens is 2. The molecule has 0 aromatic heterocycles. The van der Waals surface area contributed by atoms with Crippen LogP contribution in [0.4, 0.5) is 10.1 Å². The number of nitro benzene ring substituents is 1. The minimum absolute atomic E-state index is 0. The van der Waals surface area contributed by atoms with E-state index >= 15 is 0 Å². The van der Waals surface area contributed by atoms with E-state index in [1.54, 1.807) is 4.90 Å². The van der Waals surface area contributed by atoms with Crippen molar-refractivity contribution in [1.29, 1.82) is 0 Å². The van der Waals surface area contributed by atoms with E-state index in [0.717, 1.165) is 31.5 Å². The smallest absolute Gasteiger partial charge is 0.272 e. The summed E-state index contributed by atoms with van der Waals surface area (Å²) in [5, 5.41) is 13.7. The summed E-state index contributed by atoms with van der Waals surface area (Å²) in [5.41, 5.74) is -0.454. The fraction of sp³-hybridized carbons (Fsp3) is 0.500. The number of benzene rings is 1. The van der Waals surface area contributed by atoms with Crippen LogP contribution in [0.25, 0.3) is 0 Å². The fourth-order valence-corrected chi connectivity index (χ4v) is 2.59. The normalized spacial score (nSPS) is 15.3. The molecular weight excluding hydrogens is 313 g/mol. The molecule has 0 radical (unpaired) electrons. The Morgan fingerprint density at radius 3 is 2.59 bits per heavy atom. The summed E-state index contributed by atoms with van der Waals surface area (Å²) >= 11 is 0. The highest BCUT2D eigenvalue weighted by molar-refractivity contribution is 5.94. The van der Waals surface area contributed by atoms with Gasteiger partial charge >= 0.3 is 0 Å². The Bertz CT molecular complexity index is 548. The minimum Gasteiger partial charge on any atom is -0.339 e. The first-order valence-corrected chi connectivity index (χ1v) is 6.90. The first kappa shape index (κ1) is 18.3. The average Bonchev–Trinajstić information content (AvgIpc) is 2.47. The zero-order chi connectivity index (χ0) is 15.4. The minimum atomic E-state index is -0.841. The number of nitrogens with zero attached hydrogens (tertiary/aromatic N) is 2. The highest BCUT2D eigenvalue weighted by atomic mass is 35.5. The summed E-state index contributed by atoms with van der Waals surface area (Å²) in [6, 6.07) is 3.14. The Morgan fingerprint density at radius 1 is 1.45 bits per heavy atom. The van der Waals surface area contributed by atoms with Crippen molar-refractivity contribution in [3.63, 3.8) is 0 Å². The van der Waals surface area contributed by atoms with Gasteiger partial charge in [-0.05, 0) is 38.4 Å². The van der Waals surface area contributed by atoms with Crippen LogP contribution in [0.2, 0.25) is 0 Å². The van der Waals surface area contributed by atoms with Crippen molar-refractivity contribution < 1.29 is 14.1 Å². The number of piperidine rings is 1. The van der Waals surface area contributed by atoms with Crippen LogP contribution in [0, 0.1) is 21.8 Å². The zero-order valence-electron chi connectivity index (χ0n) is 12.3. The SMILES string of the molecule is CNCC1CCN(C(=O)c2ccc([N+](=O)[O-])cc2F)CC1.Cl. The van der Waals surface area contributed by atoms with Crippen LogP contribution >= 0.6 is 12.4 Å². The fourth-order valence-electron chi connectivity index (χ4n) is 2.59. The van der Waals surface area contributed by atoms with Crippen molar-refractivity contribution in [1.82, 2.24) is 10.2 Å². The van der Waals surface area contributed by atoms with Gasteiger partial charge in [0.1, 0.15) is 5.82 Å². The van der Waals surface area contributed by atoms with E-state index < -0.39 is 16.6 Å². The molecule has 1 fully saturated rings. The molecule has 0 unspecified atom stereocenters. The lowest BCUT2D eigenvalue weighted by Gasteiger charge is -2.32. The Kier molecular flexibility index (Phi) is 6.70. The molecule has 1 aliphatic rings. The molecule has 6 nitrogen and oxygen atoms in total. The maximum Gasteiger partial charge on any atom is 0.272 e. The van der Waals surface area contributed by atoms with Gasteiger partial charge < -0.3 is 10.2 Å². The number of amides is 1. The molecule has 0 saturated carbocycles. The topological polar surface area (TPSA) is 75.5 Å². The van der Waals surface area contributed by atoms with Crippen LogP contribution in [0.3, 0.4) is 0 Å². The number of non-ortho nitro benzene ring substituents is 1. The second-order valence-corrected chi connectivity index (χ2v) is 5.21. The molecule has 1 aromatic rings. The van der Waals surface area contributed by atoms with Gasteiger partial charge in [0.15, 0.2) is 0 Å². The van der Waals surface area contributed by atoms with E-state index in [1.807, 2.05) is 7.05 Å².